The van der Waals surface area contributed by atoms with Crippen molar-refractivity contribution >= 4 is 0 Å². The molecule has 92 valence electrons. The van der Waals surface area contributed by atoms with Gasteiger partial charge in [-0.2, -0.15) is 30.7 Å². The first-order valence-corrected chi connectivity index (χ1v) is 3.93. The average Bonchev–Trinajstić information content (AvgIpc) is 2.00. The van der Waals surface area contributed by atoms with Crippen LogP contribution in [0.5, 0.6) is 0 Å². The monoisotopic (exact) mass is 244 g/mol. The lowest BCUT2D eigenvalue weighted by atomic mass is 10.0. The fraction of sp³-hybridized carbons (Fsp3) is 1.00. The zero-order chi connectivity index (χ0) is 12.5. The van der Waals surface area contributed by atoms with Crippen LogP contribution < -0.4 is 0 Å². The van der Waals surface area contributed by atoms with E-state index in [9.17, 15) is 35.1 Å². The standard InChI is InChI=1S/C7H8F8/c1-2-3-5(9,10)6(11,12)4(8)7(13,14)15/h4H,2-3H2,1H3/t4-/m1/s1. The van der Waals surface area contributed by atoms with E-state index in [1.165, 1.54) is 0 Å². The molecule has 0 saturated carbocycles. The molecule has 0 aliphatic carbocycles. The van der Waals surface area contributed by atoms with Crippen molar-refractivity contribution in [2.75, 3.05) is 0 Å². The van der Waals surface area contributed by atoms with Crippen LogP contribution in [-0.4, -0.2) is 24.2 Å². The van der Waals surface area contributed by atoms with Crippen molar-refractivity contribution in [1.82, 2.24) is 0 Å². The third kappa shape index (κ3) is 2.94. The van der Waals surface area contributed by atoms with Crippen LogP contribution in [0.3, 0.4) is 0 Å². The number of hydrogen-bond donors (Lipinski definition) is 0. The second kappa shape index (κ2) is 4.13. The van der Waals surface area contributed by atoms with Gasteiger partial charge in [-0.15, -0.1) is 0 Å². The average molecular weight is 244 g/mol. The van der Waals surface area contributed by atoms with E-state index in [1.807, 2.05) is 0 Å². The highest BCUT2D eigenvalue weighted by Crippen LogP contribution is 2.46. The minimum absolute atomic E-state index is 0.479. The van der Waals surface area contributed by atoms with E-state index in [2.05, 4.69) is 0 Å². The van der Waals surface area contributed by atoms with Crippen molar-refractivity contribution in [2.45, 2.75) is 44.0 Å². The van der Waals surface area contributed by atoms with Gasteiger partial charge in [0.2, 0.25) is 0 Å². The third-order valence-electron chi connectivity index (χ3n) is 1.66. The molecule has 0 aromatic rings. The Bertz CT molecular complexity index is 206. The van der Waals surface area contributed by atoms with Crippen molar-refractivity contribution < 1.29 is 35.1 Å². The summed E-state index contributed by atoms with van der Waals surface area (Å²) in [6.07, 6.45) is -12.8. The van der Waals surface area contributed by atoms with E-state index >= 15 is 0 Å². The second-order valence-corrected chi connectivity index (χ2v) is 2.98. The SMILES string of the molecule is CCCC(F)(F)C(F)(F)[C@@H](F)C(F)(F)F. The molecule has 0 spiro atoms. The van der Waals surface area contributed by atoms with Gasteiger partial charge in [-0.1, -0.05) is 13.3 Å². The van der Waals surface area contributed by atoms with E-state index in [0.717, 1.165) is 6.92 Å². The van der Waals surface area contributed by atoms with Gasteiger partial charge in [0.05, 0.1) is 0 Å². The van der Waals surface area contributed by atoms with Crippen LogP contribution in [0, 0.1) is 0 Å². The molecule has 0 radical (unpaired) electrons. The lowest BCUT2D eigenvalue weighted by Gasteiger charge is -2.29. The van der Waals surface area contributed by atoms with Crippen molar-refractivity contribution in [1.29, 1.82) is 0 Å². The molecule has 0 heterocycles. The van der Waals surface area contributed by atoms with Gasteiger partial charge >= 0.3 is 18.0 Å². The van der Waals surface area contributed by atoms with E-state index < -0.39 is 37.0 Å². The fourth-order valence-corrected chi connectivity index (χ4v) is 0.872. The van der Waals surface area contributed by atoms with E-state index in [4.69, 9.17) is 0 Å². The highest BCUT2D eigenvalue weighted by Gasteiger charge is 2.68. The summed E-state index contributed by atoms with van der Waals surface area (Å²) in [6.45, 7) is 1.07. The Morgan fingerprint density at radius 1 is 0.933 bits per heavy atom. The Hall–Kier alpha value is -0.560. The highest BCUT2D eigenvalue weighted by molar-refractivity contribution is 4.94. The Morgan fingerprint density at radius 2 is 1.33 bits per heavy atom. The number of halogens is 8. The second-order valence-electron chi connectivity index (χ2n) is 2.98. The van der Waals surface area contributed by atoms with Gasteiger partial charge in [0.25, 0.3) is 6.17 Å². The van der Waals surface area contributed by atoms with Crippen LogP contribution in [-0.2, 0) is 0 Å². The normalized spacial score (nSPS) is 16.6. The topological polar surface area (TPSA) is 0 Å². The van der Waals surface area contributed by atoms with E-state index in [1.54, 1.807) is 0 Å². The van der Waals surface area contributed by atoms with Crippen LogP contribution in [0.25, 0.3) is 0 Å². The van der Waals surface area contributed by atoms with Gasteiger partial charge in [0.15, 0.2) is 0 Å². The molecule has 0 nitrogen and oxygen atoms in total. The Balaban J connectivity index is 4.95. The van der Waals surface area contributed by atoms with Gasteiger partial charge in [-0.05, 0) is 0 Å². The maximum atomic E-state index is 12.5. The molecule has 0 bridgehead atoms. The summed E-state index contributed by atoms with van der Waals surface area (Å²) >= 11 is 0. The summed E-state index contributed by atoms with van der Waals surface area (Å²) in [5.41, 5.74) is 0. The quantitative estimate of drug-likeness (QED) is 0.656. The largest absolute Gasteiger partial charge is 0.425 e. The molecular weight excluding hydrogens is 236 g/mol. The predicted octanol–water partition coefficient (Wildman–Crippen LogP) is 3.96. The summed E-state index contributed by atoms with van der Waals surface area (Å²) in [7, 11) is 0. The molecule has 1 atom stereocenters. The Morgan fingerprint density at radius 3 is 1.60 bits per heavy atom. The molecule has 0 N–H and O–H groups in total. The van der Waals surface area contributed by atoms with Crippen molar-refractivity contribution in [3.63, 3.8) is 0 Å². The zero-order valence-electron chi connectivity index (χ0n) is 7.52. The molecule has 0 aliphatic rings. The van der Waals surface area contributed by atoms with Crippen molar-refractivity contribution in [3.8, 4) is 0 Å². The van der Waals surface area contributed by atoms with Gasteiger partial charge in [0, 0.05) is 6.42 Å². The maximum absolute atomic E-state index is 12.5. The van der Waals surface area contributed by atoms with Crippen LogP contribution in [0.1, 0.15) is 19.8 Å². The first kappa shape index (κ1) is 14.4. The zero-order valence-corrected chi connectivity index (χ0v) is 7.52. The smallest absolute Gasteiger partial charge is 0.230 e. The number of alkyl halides is 8. The van der Waals surface area contributed by atoms with Gasteiger partial charge in [0.1, 0.15) is 0 Å². The lowest BCUT2D eigenvalue weighted by molar-refractivity contribution is -0.307. The van der Waals surface area contributed by atoms with Gasteiger partial charge < -0.3 is 0 Å². The molecule has 0 unspecified atom stereocenters. The summed E-state index contributed by atoms with van der Waals surface area (Å²) < 4.78 is 96.6. The van der Waals surface area contributed by atoms with Crippen LogP contribution in [0.15, 0.2) is 0 Å². The first-order valence-electron chi connectivity index (χ1n) is 3.93. The summed E-state index contributed by atoms with van der Waals surface area (Å²) in [4.78, 5) is 0. The molecule has 0 aromatic carbocycles. The molecule has 0 rings (SSSR count). The molecule has 0 fully saturated rings. The van der Waals surface area contributed by atoms with Crippen LogP contribution in [0.4, 0.5) is 35.1 Å². The third-order valence-corrected chi connectivity index (χ3v) is 1.66. The number of rotatable bonds is 4. The molecule has 0 aliphatic heterocycles. The van der Waals surface area contributed by atoms with Gasteiger partial charge in [-0.3, -0.25) is 0 Å². The molecular formula is C7H8F8. The first-order chi connectivity index (χ1) is 6.47. The summed E-state index contributed by atoms with van der Waals surface area (Å²) in [6, 6.07) is 0. The molecule has 0 aromatic heterocycles. The van der Waals surface area contributed by atoms with Crippen molar-refractivity contribution in [3.05, 3.63) is 0 Å². The van der Waals surface area contributed by atoms with Crippen LogP contribution in [0.2, 0.25) is 0 Å². The van der Waals surface area contributed by atoms with Crippen LogP contribution >= 0.6 is 0 Å². The highest BCUT2D eigenvalue weighted by atomic mass is 19.4. The Kier molecular flexibility index (Phi) is 3.98. The van der Waals surface area contributed by atoms with E-state index in [-0.39, 0.29) is 0 Å². The fourth-order valence-electron chi connectivity index (χ4n) is 0.872. The lowest BCUT2D eigenvalue weighted by Crippen LogP contribution is -2.53. The minimum Gasteiger partial charge on any atom is -0.230 e. The molecule has 0 saturated heterocycles. The minimum atomic E-state index is -6.00. The molecule has 15 heavy (non-hydrogen) atoms. The van der Waals surface area contributed by atoms with Crippen molar-refractivity contribution in [2.24, 2.45) is 0 Å². The Labute approximate surface area is 80.3 Å². The van der Waals surface area contributed by atoms with Gasteiger partial charge in [-0.25, -0.2) is 4.39 Å². The molecule has 8 heteroatoms. The predicted molar refractivity (Wildman–Crippen MR) is 35.8 cm³/mol. The summed E-state index contributed by atoms with van der Waals surface area (Å²) in [5, 5.41) is 0. The molecule has 0 amide bonds. The maximum Gasteiger partial charge on any atom is 0.425 e. The summed E-state index contributed by atoms with van der Waals surface area (Å²) in [5.74, 6) is -10.7. The van der Waals surface area contributed by atoms with E-state index in [0.29, 0.717) is 0 Å². The number of hydrogen-bond acceptors (Lipinski definition) is 0.